The number of rotatable bonds is 5. The van der Waals surface area contributed by atoms with Gasteiger partial charge in [-0.05, 0) is 48.7 Å². The number of aryl methyl sites for hydroxylation is 3. The van der Waals surface area contributed by atoms with Crippen LogP contribution in [-0.4, -0.2) is 35.7 Å². The van der Waals surface area contributed by atoms with Crippen LogP contribution < -0.4 is 10.2 Å². The molecule has 0 atom stereocenters. The van der Waals surface area contributed by atoms with Crippen molar-refractivity contribution in [3.8, 4) is 28.1 Å². The van der Waals surface area contributed by atoms with Crippen LogP contribution in [0.2, 0.25) is 0 Å². The van der Waals surface area contributed by atoms with Crippen molar-refractivity contribution in [3.63, 3.8) is 0 Å². The van der Waals surface area contributed by atoms with Gasteiger partial charge in [0, 0.05) is 53.3 Å². The maximum Gasteiger partial charge on any atom is 0.259 e. The largest absolute Gasteiger partial charge is 0.507 e. The van der Waals surface area contributed by atoms with E-state index < -0.39 is 0 Å². The second kappa shape index (κ2) is 9.34. The molecule has 6 aromatic rings. The molecule has 0 spiro atoms. The van der Waals surface area contributed by atoms with Gasteiger partial charge < -0.3 is 20.3 Å². The fourth-order valence-electron chi connectivity index (χ4n) is 5.55. The first kappa shape index (κ1) is 24.6. The number of phenols is 1. The first-order valence-corrected chi connectivity index (χ1v) is 13.3. The first-order valence-electron chi connectivity index (χ1n) is 13.3. The van der Waals surface area contributed by atoms with E-state index in [1.54, 1.807) is 27.9 Å². The van der Waals surface area contributed by atoms with Crippen molar-refractivity contribution in [2.75, 3.05) is 10.2 Å². The number of nitrogens with zero attached hydrogens (tertiary/aromatic N) is 5. The lowest BCUT2D eigenvalue weighted by Gasteiger charge is -2.17. The van der Waals surface area contributed by atoms with Crippen molar-refractivity contribution in [2.24, 2.45) is 7.05 Å². The molecule has 3 aromatic heterocycles. The number of anilines is 3. The first-order chi connectivity index (χ1) is 19.9. The Morgan fingerprint density at radius 3 is 2.54 bits per heavy atom. The predicted molar refractivity (Wildman–Crippen MR) is 159 cm³/mol. The topological polar surface area (TPSA) is 112 Å². The number of hydrogen-bond acceptors (Lipinski definition) is 6. The number of aromatic nitrogens is 5. The van der Waals surface area contributed by atoms with Crippen LogP contribution >= 0.6 is 0 Å². The number of amides is 1. The maximum atomic E-state index is 13.7. The SMILES string of the molecule is Cc1cnc(Nc2cc(C)n(C)n2)nc1-c1c[nH]c2c(N3Cc4c(cccc4-c4ccccc4O)C3=O)cccc12. The quantitative estimate of drug-likeness (QED) is 0.238. The second-order valence-corrected chi connectivity index (χ2v) is 10.3. The molecule has 1 aliphatic heterocycles. The third-order valence-corrected chi connectivity index (χ3v) is 7.73. The van der Waals surface area contributed by atoms with Gasteiger partial charge in [0.25, 0.3) is 5.91 Å². The minimum atomic E-state index is -0.0729. The van der Waals surface area contributed by atoms with Crippen molar-refractivity contribution < 1.29 is 9.90 Å². The number of hydrogen-bond donors (Lipinski definition) is 3. The molecule has 0 bridgehead atoms. The molecular formula is C32H27N7O2. The normalized spacial score (nSPS) is 12.8. The van der Waals surface area contributed by atoms with Gasteiger partial charge in [0.2, 0.25) is 5.95 Å². The fraction of sp³-hybridized carbons (Fsp3) is 0.125. The summed E-state index contributed by atoms with van der Waals surface area (Å²) in [5.74, 6) is 1.25. The lowest BCUT2D eigenvalue weighted by atomic mass is 9.96. The monoisotopic (exact) mass is 541 g/mol. The Hall–Kier alpha value is -5.44. The van der Waals surface area contributed by atoms with Crippen molar-refractivity contribution in [1.82, 2.24) is 24.7 Å². The fourth-order valence-corrected chi connectivity index (χ4v) is 5.55. The third-order valence-electron chi connectivity index (χ3n) is 7.73. The smallest absolute Gasteiger partial charge is 0.259 e. The average molecular weight is 542 g/mol. The molecule has 202 valence electrons. The van der Waals surface area contributed by atoms with Gasteiger partial charge >= 0.3 is 0 Å². The van der Waals surface area contributed by atoms with Crippen molar-refractivity contribution in [1.29, 1.82) is 0 Å². The molecule has 41 heavy (non-hydrogen) atoms. The number of nitrogens with one attached hydrogen (secondary N) is 2. The molecule has 0 fully saturated rings. The van der Waals surface area contributed by atoms with Gasteiger partial charge in [-0.15, -0.1) is 0 Å². The Bertz CT molecular complexity index is 1970. The Morgan fingerprint density at radius 2 is 1.73 bits per heavy atom. The van der Waals surface area contributed by atoms with Crippen molar-refractivity contribution >= 4 is 34.3 Å². The van der Waals surface area contributed by atoms with E-state index in [2.05, 4.69) is 20.4 Å². The van der Waals surface area contributed by atoms with Crippen LogP contribution in [-0.2, 0) is 13.6 Å². The molecule has 9 heteroatoms. The van der Waals surface area contributed by atoms with Crippen LogP contribution in [0.3, 0.4) is 0 Å². The summed E-state index contributed by atoms with van der Waals surface area (Å²) in [5.41, 5.74) is 8.40. The zero-order valence-electron chi connectivity index (χ0n) is 22.8. The highest BCUT2D eigenvalue weighted by Crippen LogP contribution is 2.41. The number of carbonyl (C=O) groups excluding carboxylic acids is 1. The highest BCUT2D eigenvalue weighted by Gasteiger charge is 2.32. The zero-order chi connectivity index (χ0) is 28.2. The molecular weight excluding hydrogens is 514 g/mol. The van der Waals surface area contributed by atoms with Crippen LogP contribution in [0.1, 0.15) is 27.2 Å². The Labute approximate surface area is 236 Å². The summed E-state index contributed by atoms with van der Waals surface area (Å²) in [6.45, 7) is 4.36. The standard InChI is InChI=1S/C32H27N7O2/c1-18-15-34-32(35-28-14-19(2)38(3)37-28)36-29(18)24-16-33-30-22(24)10-7-12-26(30)39-17-25-20(9-6-11-23(25)31(39)41)21-8-4-5-13-27(21)40/h4-16,33,40H,17H2,1-3H3,(H,34,35,36,37). The molecule has 0 saturated carbocycles. The van der Waals surface area contributed by atoms with Crippen molar-refractivity contribution in [2.45, 2.75) is 20.4 Å². The van der Waals surface area contributed by atoms with Crippen LogP contribution in [0.4, 0.5) is 17.5 Å². The van der Waals surface area contributed by atoms with Crippen LogP contribution in [0.5, 0.6) is 5.75 Å². The van der Waals surface area contributed by atoms with Gasteiger partial charge in [0.05, 0.1) is 23.4 Å². The molecule has 3 N–H and O–H groups in total. The Kier molecular flexibility index (Phi) is 5.60. The average Bonchev–Trinajstić information content (AvgIpc) is 3.65. The summed E-state index contributed by atoms with van der Waals surface area (Å²) in [6.07, 6.45) is 3.73. The highest BCUT2D eigenvalue weighted by molar-refractivity contribution is 6.15. The molecule has 4 heterocycles. The summed E-state index contributed by atoms with van der Waals surface area (Å²) in [4.78, 5) is 28.2. The molecule has 0 radical (unpaired) electrons. The number of benzene rings is 3. The van der Waals surface area contributed by atoms with E-state index >= 15 is 0 Å². The van der Waals surface area contributed by atoms with Crippen molar-refractivity contribution in [3.05, 3.63) is 102 Å². The number of phenolic OH excluding ortho intramolecular Hbond substituents is 1. The van der Waals surface area contributed by atoms with Gasteiger partial charge in [-0.3, -0.25) is 9.48 Å². The summed E-state index contributed by atoms with van der Waals surface area (Å²) in [6, 6.07) is 20.8. The molecule has 7 rings (SSSR count). The van der Waals surface area contributed by atoms with E-state index in [9.17, 15) is 9.90 Å². The number of aromatic hydroxyl groups is 1. The summed E-state index contributed by atoms with van der Waals surface area (Å²) in [7, 11) is 1.89. The second-order valence-electron chi connectivity index (χ2n) is 10.3. The number of H-pyrrole nitrogens is 1. The number of carbonyl (C=O) groups is 1. The number of fused-ring (bicyclic) bond motifs is 2. The van der Waals surface area contributed by atoms with Crippen LogP contribution in [0.25, 0.3) is 33.3 Å². The van der Waals surface area contributed by atoms with Gasteiger partial charge in [-0.2, -0.15) is 5.10 Å². The number of aromatic amines is 1. The van der Waals surface area contributed by atoms with E-state index in [0.717, 1.165) is 50.2 Å². The molecule has 1 aliphatic rings. The summed E-state index contributed by atoms with van der Waals surface area (Å²) < 4.78 is 1.79. The Morgan fingerprint density at radius 1 is 0.951 bits per heavy atom. The maximum absolute atomic E-state index is 13.7. The molecule has 3 aromatic carbocycles. The third kappa shape index (κ3) is 4.01. The zero-order valence-corrected chi connectivity index (χ0v) is 22.8. The van der Waals surface area contributed by atoms with E-state index in [1.807, 2.05) is 81.7 Å². The Balaban J connectivity index is 1.27. The van der Waals surface area contributed by atoms with Gasteiger partial charge in [0.1, 0.15) is 5.75 Å². The minimum absolute atomic E-state index is 0.0729. The van der Waals surface area contributed by atoms with E-state index in [1.165, 1.54) is 0 Å². The summed E-state index contributed by atoms with van der Waals surface area (Å²) >= 11 is 0. The summed E-state index contributed by atoms with van der Waals surface area (Å²) in [5, 5.41) is 19.1. The molecule has 9 nitrogen and oxygen atoms in total. The molecule has 0 unspecified atom stereocenters. The van der Waals surface area contributed by atoms with Gasteiger partial charge in [-0.25, -0.2) is 9.97 Å². The van der Waals surface area contributed by atoms with Gasteiger partial charge in [0.15, 0.2) is 5.82 Å². The van der Waals surface area contributed by atoms with E-state index in [-0.39, 0.29) is 11.7 Å². The minimum Gasteiger partial charge on any atom is -0.507 e. The molecule has 0 saturated heterocycles. The molecule has 0 aliphatic carbocycles. The predicted octanol–water partition coefficient (Wildman–Crippen LogP) is 6.25. The van der Waals surface area contributed by atoms with Gasteiger partial charge in [-0.1, -0.05) is 42.5 Å². The highest BCUT2D eigenvalue weighted by atomic mass is 16.3. The number of para-hydroxylation sites is 2. The van der Waals surface area contributed by atoms with E-state index in [4.69, 9.17) is 4.98 Å². The lowest BCUT2D eigenvalue weighted by Crippen LogP contribution is -2.23. The van der Waals surface area contributed by atoms with Crippen LogP contribution in [0.15, 0.2) is 79.1 Å². The van der Waals surface area contributed by atoms with Crippen LogP contribution in [0, 0.1) is 13.8 Å². The lowest BCUT2D eigenvalue weighted by molar-refractivity contribution is 0.0997. The molecule has 1 amide bonds. The van der Waals surface area contributed by atoms with E-state index in [0.29, 0.717) is 29.4 Å².